The molecule has 18 heavy (non-hydrogen) atoms. The lowest BCUT2D eigenvalue weighted by Gasteiger charge is -2.18. The molecule has 0 saturated carbocycles. The van der Waals surface area contributed by atoms with Gasteiger partial charge in [0.15, 0.2) is 17.6 Å². The fraction of sp³-hybridized carbons (Fsp3) is 0.417. The van der Waals surface area contributed by atoms with Gasteiger partial charge in [0.1, 0.15) is 0 Å². The Morgan fingerprint density at radius 3 is 2.39 bits per heavy atom. The first-order valence-corrected chi connectivity index (χ1v) is 5.94. The van der Waals surface area contributed by atoms with Gasteiger partial charge in [0, 0.05) is 15.6 Å². The molecule has 0 bridgehead atoms. The van der Waals surface area contributed by atoms with Gasteiger partial charge in [-0.05, 0) is 13.0 Å². The molecule has 0 aliphatic heterocycles. The summed E-state index contributed by atoms with van der Waals surface area (Å²) >= 11 is 3.30. The van der Waals surface area contributed by atoms with Crippen molar-refractivity contribution >= 4 is 21.9 Å². The van der Waals surface area contributed by atoms with Crippen LogP contribution in [0.4, 0.5) is 0 Å². The smallest absolute Gasteiger partial charge is 0.339 e. The minimum Gasteiger partial charge on any atom is -0.493 e. The molecule has 1 unspecified atom stereocenters. The number of halogens is 1. The Morgan fingerprint density at radius 2 is 1.94 bits per heavy atom. The van der Waals surface area contributed by atoms with Gasteiger partial charge in [0.2, 0.25) is 0 Å². The second-order valence-corrected chi connectivity index (χ2v) is 4.41. The molecule has 0 saturated heterocycles. The zero-order valence-corrected chi connectivity index (χ0v) is 12.2. The van der Waals surface area contributed by atoms with E-state index >= 15 is 0 Å². The number of esters is 1. The number of aliphatic hydroxyl groups is 1. The number of carbonyl (C=O) groups is 1. The molecular weight excluding hydrogens is 304 g/mol. The molecule has 0 spiro atoms. The summed E-state index contributed by atoms with van der Waals surface area (Å²) in [5, 5.41) is 9.93. The number of carbonyl (C=O) groups excluding carboxylic acids is 1. The van der Waals surface area contributed by atoms with Crippen molar-refractivity contribution in [3.8, 4) is 11.5 Å². The van der Waals surface area contributed by atoms with E-state index in [1.54, 1.807) is 13.0 Å². The van der Waals surface area contributed by atoms with Crippen LogP contribution < -0.4 is 9.47 Å². The predicted octanol–water partition coefficient (Wildman–Crippen LogP) is 1.98. The van der Waals surface area contributed by atoms with Gasteiger partial charge in [0.05, 0.1) is 21.3 Å². The number of hydrogen-bond donors (Lipinski definition) is 1. The van der Waals surface area contributed by atoms with Gasteiger partial charge in [-0.2, -0.15) is 0 Å². The Kier molecular flexibility index (Phi) is 4.98. The van der Waals surface area contributed by atoms with Crippen molar-refractivity contribution < 1.29 is 24.1 Å². The molecule has 1 N–H and O–H groups in total. The number of benzene rings is 1. The molecule has 100 valence electrons. The van der Waals surface area contributed by atoms with Gasteiger partial charge in [-0.15, -0.1) is 0 Å². The molecule has 1 aromatic rings. The van der Waals surface area contributed by atoms with Crippen LogP contribution in [0.3, 0.4) is 0 Å². The van der Waals surface area contributed by atoms with E-state index in [1.165, 1.54) is 21.3 Å². The van der Waals surface area contributed by atoms with Crippen molar-refractivity contribution in [2.45, 2.75) is 13.0 Å². The largest absolute Gasteiger partial charge is 0.493 e. The van der Waals surface area contributed by atoms with Crippen molar-refractivity contribution in [1.82, 2.24) is 0 Å². The third-order valence-corrected chi connectivity index (χ3v) is 3.26. The maximum atomic E-state index is 11.4. The second-order valence-electron chi connectivity index (χ2n) is 3.56. The van der Waals surface area contributed by atoms with E-state index in [4.69, 9.17) is 9.47 Å². The van der Waals surface area contributed by atoms with Crippen molar-refractivity contribution in [2.24, 2.45) is 0 Å². The maximum absolute atomic E-state index is 11.4. The van der Waals surface area contributed by atoms with Crippen LogP contribution in [0.2, 0.25) is 0 Å². The Balaban J connectivity index is 3.41. The standard InChI is InChI=1S/C12H15BrO5/c1-6-9(10(14)12(15)18-4)7(13)5-8(16-2)11(6)17-3/h5,10,14H,1-4H3. The van der Waals surface area contributed by atoms with Crippen molar-refractivity contribution in [3.63, 3.8) is 0 Å². The quantitative estimate of drug-likeness (QED) is 0.860. The molecule has 0 aliphatic carbocycles. The molecule has 1 rings (SSSR count). The molecule has 0 radical (unpaired) electrons. The van der Waals surface area contributed by atoms with Crippen molar-refractivity contribution in [2.75, 3.05) is 21.3 Å². The van der Waals surface area contributed by atoms with E-state index in [2.05, 4.69) is 20.7 Å². The molecule has 0 heterocycles. The zero-order valence-electron chi connectivity index (χ0n) is 10.6. The molecule has 0 aromatic heterocycles. The Bertz CT molecular complexity index is 458. The Hall–Kier alpha value is -1.27. The summed E-state index contributed by atoms with van der Waals surface area (Å²) in [4.78, 5) is 11.4. The van der Waals surface area contributed by atoms with Crippen LogP contribution >= 0.6 is 15.9 Å². The van der Waals surface area contributed by atoms with Crippen LogP contribution in [-0.2, 0) is 9.53 Å². The van der Waals surface area contributed by atoms with E-state index in [1.807, 2.05) is 0 Å². The maximum Gasteiger partial charge on any atom is 0.339 e. The highest BCUT2D eigenvalue weighted by atomic mass is 79.9. The summed E-state index contributed by atoms with van der Waals surface area (Å²) in [7, 11) is 4.22. The predicted molar refractivity (Wildman–Crippen MR) is 69.0 cm³/mol. The van der Waals surface area contributed by atoms with Crippen molar-refractivity contribution in [1.29, 1.82) is 0 Å². The van der Waals surface area contributed by atoms with Crippen LogP contribution in [0.5, 0.6) is 11.5 Å². The van der Waals surface area contributed by atoms with Gasteiger partial charge in [-0.1, -0.05) is 15.9 Å². The lowest BCUT2D eigenvalue weighted by Crippen LogP contribution is -2.15. The van der Waals surface area contributed by atoms with Crippen LogP contribution in [-0.4, -0.2) is 32.4 Å². The molecule has 5 nitrogen and oxygen atoms in total. The van der Waals surface area contributed by atoms with Gasteiger partial charge >= 0.3 is 5.97 Å². The van der Waals surface area contributed by atoms with E-state index in [0.717, 1.165) is 0 Å². The summed E-state index contributed by atoms with van der Waals surface area (Å²) in [5.41, 5.74) is 1.01. The SMILES string of the molecule is COC(=O)C(O)c1c(Br)cc(OC)c(OC)c1C. The highest BCUT2D eigenvalue weighted by molar-refractivity contribution is 9.10. The molecular formula is C12H15BrO5. The molecule has 0 aliphatic rings. The van der Waals surface area contributed by atoms with Gasteiger partial charge < -0.3 is 19.3 Å². The molecule has 6 heteroatoms. The first-order chi connectivity index (χ1) is 8.47. The molecule has 0 amide bonds. The molecule has 0 fully saturated rings. The monoisotopic (exact) mass is 318 g/mol. The average Bonchev–Trinajstić information content (AvgIpc) is 2.36. The lowest BCUT2D eigenvalue weighted by molar-refractivity contribution is -0.150. The van der Waals surface area contributed by atoms with Crippen LogP contribution in [0.15, 0.2) is 10.5 Å². The van der Waals surface area contributed by atoms with Gasteiger partial charge in [0.25, 0.3) is 0 Å². The number of ether oxygens (including phenoxy) is 3. The number of rotatable bonds is 4. The summed E-state index contributed by atoms with van der Waals surface area (Å²) in [6.07, 6.45) is -1.37. The Labute approximate surface area is 114 Å². The van der Waals surface area contributed by atoms with Gasteiger partial charge in [-0.25, -0.2) is 4.79 Å². The van der Waals surface area contributed by atoms with Gasteiger partial charge in [-0.3, -0.25) is 0 Å². The Morgan fingerprint density at radius 1 is 1.33 bits per heavy atom. The fourth-order valence-electron chi connectivity index (χ4n) is 1.72. The number of aliphatic hydroxyl groups excluding tert-OH is 1. The van der Waals surface area contributed by atoms with E-state index in [-0.39, 0.29) is 0 Å². The summed E-state index contributed by atoms with van der Waals surface area (Å²) in [6.45, 7) is 1.73. The third kappa shape index (κ3) is 2.59. The van der Waals surface area contributed by atoms with E-state index < -0.39 is 12.1 Å². The normalized spacial score (nSPS) is 11.9. The third-order valence-electron chi connectivity index (χ3n) is 2.61. The zero-order chi connectivity index (χ0) is 13.9. The average molecular weight is 319 g/mol. The highest BCUT2D eigenvalue weighted by Crippen LogP contribution is 2.40. The first kappa shape index (κ1) is 14.8. The molecule has 1 aromatic carbocycles. The minimum atomic E-state index is -1.37. The lowest BCUT2D eigenvalue weighted by atomic mass is 10.0. The van der Waals surface area contributed by atoms with E-state index in [0.29, 0.717) is 27.1 Å². The fourth-order valence-corrected chi connectivity index (χ4v) is 2.44. The van der Waals surface area contributed by atoms with Crippen LogP contribution in [0, 0.1) is 6.92 Å². The van der Waals surface area contributed by atoms with Crippen molar-refractivity contribution in [3.05, 3.63) is 21.7 Å². The number of methoxy groups -OCH3 is 3. The summed E-state index contributed by atoms with van der Waals surface area (Å²) in [6, 6.07) is 1.63. The first-order valence-electron chi connectivity index (χ1n) is 5.14. The summed E-state index contributed by atoms with van der Waals surface area (Å²) in [5.74, 6) is 0.257. The number of hydrogen-bond acceptors (Lipinski definition) is 5. The second kappa shape index (κ2) is 6.06. The highest BCUT2D eigenvalue weighted by Gasteiger charge is 2.26. The molecule has 1 atom stereocenters. The van der Waals surface area contributed by atoms with Crippen LogP contribution in [0.1, 0.15) is 17.2 Å². The van der Waals surface area contributed by atoms with Crippen LogP contribution in [0.25, 0.3) is 0 Å². The van der Waals surface area contributed by atoms with E-state index in [9.17, 15) is 9.90 Å². The minimum absolute atomic E-state index is 0.402. The summed E-state index contributed by atoms with van der Waals surface area (Å²) < 4.78 is 15.5. The topological polar surface area (TPSA) is 65.0 Å².